The van der Waals surface area contributed by atoms with E-state index in [9.17, 15) is 18.0 Å². The van der Waals surface area contributed by atoms with E-state index in [0.717, 1.165) is 65.5 Å². The molecule has 3 heterocycles. The van der Waals surface area contributed by atoms with E-state index in [1.807, 2.05) is 41.1 Å². The lowest BCUT2D eigenvalue weighted by atomic mass is 9.74. The number of rotatable bonds is 7. The molecule has 0 atom stereocenters. The van der Waals surface area contributed by atoms with Gasteiger partial charge in [0, 0.05) is 24.7 Å². The number of carboxylic acids is 1. The van der Waals surface area contributed by atoms with Crippen molar-refractivity contribution >= 4 is 34.5 Å². The Balaban J connectivity index is 1.74. The first-order chi connectivity index (χ1) is 18.7. The smallest absolute Gasteiger partial charge is 0.478 e. The van der Waals surface area contributed by atoms with E-state index in [0.29, 0.717) is 11.3 Å². The average molecular weight is 531 g/mol. The van der Waals surface area contributed by atoms with Gasteiger partial charge < -0.3 is 14.2 Å². The van der Waals surface area contributed by atoms with Crippen LogP contribution in [0.3, 0.4) is 0 Å². The quantitative estimate of drug-likeness (QED) is 0.205. The van der Waals surface area contributed by atoms with Crippen LogP contribution < -0.4 is 4.74 Å². The number of pyridine rings is 2. The Bertz CT molecular complexity index is 1640. The van der Waals surface area contributed by atoms with Gasteiger partial charge in [-0.3, -0.25) is 4.98 Å². The van der Waals surface area contributed by atoms with E-state index >= 15 is 0 Å². The number of benzene rings is 1. The molecule has 1 N–H and O–H groups in total. The number of aliphatic carboxylic acids is 1. The average Bonchev–Trinajstić information content (AvgIpc) is 3.34. The van der Waals surface area contributed by atoms with Crippen molar-refractivity contribution in [3.05, 3.63) is 107 Å². The van der Waals surface area contributed by atoms with Crippen LogP contribution in [-0.2, 0) is 4.79 Å². The maximum atomic E-state index is 12.9. The molecule has 7 nitrogen and oxygen atoms in total. The summed E-state index contributed by atoms with van der Waals surface area (Å²) in [5, 5.41) is 8.96. The van der Waals surface area contributed by atoms with Gasteiger partial charge in [-0.15, -0.1) is 13.2 Å². The Kier molecular flexibility index (Phi) is 6.90. The highest BCUT2D eigenvalue weighted by molar-refractivity contribution is 6.01. The van der Waals surface area contributed by atoms with Crippen LogP contribution in [0, 0.1) is 12.5 Å². The van der Waals surface area contributed by atoms with Crippen LogP contribution in [0.5, 0.6) is 5.75 Å². The normalized spacial score (nSPS) is 14.6. The zero-order valence-corrected chi connectivity index (χ0v) is 20.4. The van der Waals surface area contributed by atoms with Gasteiger partial charge in [-0.25, -0.2) is 14.6 Å². The summed E-state index contributed by atoms with van der Waals surface area (Å²) >= 11 is 0. The lowest BCUT2D eigenvalue weighted by Gasteiger charge is -2.31. The molecule has 1 aliphatic carbocycles. The van der Waals surface area contributed by atoms with E-state index < -0.39 is 18.1 Å². The molecule has 4 aromatic rings. The van der Waals surface area contributed by atoms with Crippen LogP contribution in [0.1, 0.15) is 41.6 Å². The fraction of sp³-hybridized carbons (Fsp3) is 0.172. The summed E-state index contributed by atoms with van der Waals surface area (Å²) < 4.78 is 44.4. The lowest BCUT2D eigenvalue weighted by molar-refractivity contribution is -0.274. The van der Waals surface area contributed by atoms with Crippen LogP contribution >= 0.6 is 0 Å². The Morgan fingerprint density at radius 3 is 2.51 bits per heavy atom. The minimum atomic E-state index is -4.91. The molecule has 1 fully saturated rings. The van der Waals surface area contributed by atoms with E-state index in [1.165, 1.54) is 6.08 Å². The molecule has 0 amide bonds. The number of imidazole rings is 1. The van der Waals surface area contributed by atoms with Crippen LogP contribution in [0.25, 0.3) is 27.7 Å². The molecule has 196 valence electrons. The molecule has 5 rings (SSSR count). The number of hydrogen-bond donors (Lipinski definition) is 1. The van der Waals surface area contributed by atoms with Crippen molar-refractivity contribution in [2.45, 2.75) is 25.6 Å². The minimum absolute atomic E-state index is 0.0347. The van der Waals surface area contributed by atoms with Crippen molar-refractivity contribution in [3.8, 4) is 5.75 Å². The zero-order valence-electron chi connectivity index (χ0n) is 20.4. The molecule has 0 aliphatic heterocycles. The van der Waals surface area contributed by atoms with Gasteiger partial charge in [0.2, 0.25) is 5.69 Å². The van der Waals surface area contributed by atoms with Crippen molar-refractivity contribution in [2.24, 2.45) is 5.92 Å². The summed E-state index contributed by atoms with van der Waals surface area (Å²) in [5.74, 6) is -1.58. The standard InChI is InChI=1S/C29H21F3N4O3/c1-33-23-15-22(39-29(30,31)32)16-35-28(23)27(19-3-2-4-19)26(21-10-11-24-34-13-14-36(24)17-21)20-8-5-18(6-9-20)7-12-25(37)38/h5-17,19H,2-4H2,(H,37,38)/b12-7+,27-26+. The minimum Gasteiger partial charge on any atom is -0.478 e. The molecule has 0 radical (unpaired) electrons. The second-order valence-electron chi connectivity index (χ2n) is 9.02. The highest BCUT2D eigenvalue weighted by Crippen LogP contribution is 2.47. The highest BCUT2D eigenvalue weighted by Gasteiger charge is 2.33. The molecule has 0 spiro atoms. The van der Waals surface area contributed by atoms with Crippen molar-refractivity contribution in [1.82, 2.24) is 14.4 Å². The first-order valence-corrected chi connectivity index (χ1v) is 12.0. The van der Waals surface area contributed by atoms with E-state index in [-0.39, 0.29) is 11.6 Å². The number of hydrogen-bond acceptors (Lipinski definition) is 4. The number of nitrogens with zero attached hydrogens (tertiary/aromatic N) is 4. The molecule has 0 unspecified atom stereocenters. The summed E-state index contributed by atoms with van der Waals surface area (Å²) in [6, 6.07) is 12.1. The lowest BCUT2D eigenvalue weighted by Crippen LogP contribution is -2.18. The van der Waals surface area contributed by atoms with Crippen LogP contribution in [0.15, 0.2) is 73.3 Å². The van der Waals surface area contributed by atoms with E-state index in [1.54, 1.807) is 18.3 Å². The third-order valence-electron chi connectivity index (χ3n) is 6.53. The maximum absolute atomic E-state index is 12.9. The monoisotopic (exact) mass is 530 g/mol. The summed E-state index contributed by atoms with van der Waals surface area (Å²) in [6.07, 6.45) is 6.67. The summed E-state index contributed by atoms with van der Waals surface area (Å²) in [4.78, 5) is 23.1. The molecule has 10 heteroatoms. The van der Waals surface area contributed by atoms with Gasteiger partial charge in [-0.2, -0.15) is 0 Å². The number of aromatic nitrogens is 3. The molecule has 0 saturated heterocycles. The molecular formula is C29H21F3N4O3. The predicted molar refractivity (Wildman–Crippen MR) is 139 cm³/mol. The van der Waals surface area contributed by atoms with Crippen LogP contribution in [0.4, 0.5) is 18.9 Å². The predicted octanol–water partition coefficient (Wildman–Crippen LogP) is 7.04. The molecule has 1 saturated carbocycles. The third kappa shape index (κ3) is 5.67. The van der Waals surface area contributed by atoms with E-state index in [4.69, 9.17) is 11.7 Å². The van der Waals surface area contributed by atoms with Gasteiger partial charge in [0.25, 0.3) is 0 Å². The molecule has 1 aliphatic rings. The largest absolute Gasteiger partial charge is 0.573 e. The Morgan fingerprint density at radius 1 is 1.13 bits per heavy atom. The topological polar surface area (TPSA) is 81.1 Å². The number of carboxylic acid groups (broad SMARTS) is 1. The van der Waals surface area contributed by atoms with Gasteiger partial charge in [-0.1, -0.05) is 30.7 Å². The number of halogens is 3. The van der Waals surface area contributed by atoms with Gasteiger partial charge in [0.15, 0.2) is 0 Å². The molecule has 1 aromatic carbocycles. The molecular weight excluding hydrogens is 509 g/mol. The van der Waals surface area contributed by atoms with Crippen LogP contribution in [-0.4, -0.2) is 31.8 Å². The first kappa shape index (κ1) is 25.7. The summed E-state index contributed by atoms with van der Waals surface area (Å²) in [6.45, 7) is 7.73. The number of fused-ring (bicyclic) bond motifs is 1. The van der Waals surface area contributed by atoms with Gasteiger partial charge >= 0.3 is 12.3 Å². The van der Waals surface area contributed by atoms with Crippen molar-refractivity contribution in [2.75, 3.05) is 0 Å². The molecule has 39 heavy (non-hydrogen) atoms. The second kappa shape index (κ2) is 10.5. The van der Waals surface area contributed by atoms with Crippen LogP contribution in [0.2, 0.25) is 0 Å². The number of ether oxygens (including phenoxy) is 1. The fourth-order valence-corrected chi connectivity index (χ4v) is 4.60. The van der Waals surface area contributed by atoms with Crippen molar-refractivity contribution in [1.29, 1.82) is 0 Å². The highest BCUT2D eigenvalue weighted by atomic mass is 19.4. The Labute approximate surface area is 221 Å². The first-order valence-electron chi connectivity index (χ1n) is 12.0. The number of alkyl halides is 3. The van der Waals surface area contributed by atoms with Gasteiger partial charge in [0.1, 0.15) is 11.4 Å². The maximum Gasteiger partial charge on any atom is 0.573 e. The Morgan fingerprint density at radius 2 is 1.87 bits per heavy atom. The fourth-order valence-electron chi connectivity index (χ4n) is 4.60. The van der Waals surface area contributed by atoms with Crippen molar-refractivity contribution in [3.63, 3.8) is 0 Å². The molecule has 3 aromatic heterocycles. The molecule has 0 bridgehead atoms. The second-order valence-corrected chi connectivity index (χ2v) is 9.02. The van der Waals surface area contributed by atoms with Gasteiger partial charge in [0.05, 0.1) is 18.5 Å². The SMILES string of the molecule is [C-]#[N+]c1cc(OC(F)(F)F)cnc1/C(=C(\c1ccc(/C=C/C(=O)O)cc1)c1ccc2nccn2c1)C1CCC1. The summed E-state index contributed by atoms with van der Waals surface area (Å²) in [5.41, 5.74) is 4.84. The third-order valence-corrected chi connectivity index (χ3v) is 6.53. The van der Waals surface area contributed by atoms with E-state index in [2.05, 4.69) is 19.5 Å². The van der Waals surface area contributed by atoms with Crippen molar-refractivity contribution < 1.29 is 27.8 Å². The summed E-state index contributed by atoms with van der Waals surface area (Å²) in [7, 11) is 0. The number of carbonyl (C=O) groups is 1. The number of allylic oxidation sites excluding steroid dienone is 1. The van der Waals surface area contributed by atoms with Gasteiger partial charge in [-0.05, 0) is 70.9 Å². The Hall–Kier alpha value is -4.91. The zero-order chi connectivity index (χ0) is 27.6.